The minimum Gasteiger partial charge on any atom is -0.347 e. The van der Waals surface area contributed by atoms with Gasteiger partial charge in [0.1, 0.15) is 5.69 Å². The predicted molar refractivity (Wildman–Crippen MR) is 88.6 cm³/mol. The summed E-state index contributed by atoms with van der Waals surface area (Å²) in [4.78, 5) is 3.67. The van der Waals surface area contributed by atoms with Crippen LogP contribution >= 0.6 is 23.2 Å². The summed E-state index contributed by atoms with van der Waals surface area (Å²) in [5, 5.41) is 1.57. The highest BCUT2D eigenvalue weighted by molar-refractivity contribution is 6.35. The number of pyridine rings is 1. The van der Waals surface area contributed by atoms with Crippen molar-refractivity contribution in [1.82, 2.24) is 9.55 Å². The molecule has 0 fully saturated rings. The maximum absolute atomic E-state index is 13.0. The first kappa shape index (κ1) is 17.1. The van der Waals surface area contributed by atoms with E-state index >= 15 is 0 Å². The van der Waals surface area contributed by atoms with Gasteiger partial charge < -0.3 is 4.57 Å². The zero-order valence-corrected chi connectivity index (χ0v) is 14.3. The number of aryl methyl sites for hydroxylation is 2. The Morgan fingerprint density at radius 2 is 1.96 bits per heavy atom. The maximum Gasteiger partial charge on any atom is 0.433 e. The lowest BCUT2D eigenvalue weighted by Gasteiger charge is -2.10. The summed E-state index contributed by atoms with van der Waals surface area (Å²) in [6, 6.07) is 9.05. The number of hydrogen-bond donors (Lipinski definition) is 0. The molecule has 0 atom stereocenters. The van der Waals surface area contributed by atoms with Gasteiger partial charge in [0.25, 0.3) is 0 Å². The minimum absolute atomic E-state index is 0.332. The van der Waals surface area contributed by atoms with E-state index in [0.717, 1.165) is 11.8 Å². The van der Waals surface area contributed by atoms with Crippen molar-refractivity contribution in [1.29, 1.82) is 0 Å². The van der Waals surface area contributed by atoms with Gasteiger partial charge in [-0.3, -0.25) is 0 Å². The van der Waals surface area contributed by atoms with Crippen molar-refractivity contribution >= 4 is 34.1 Å². The molecule has 2 heterocycles. The molecule has 0 N–H and O–H groups in total. The van der Waals surface area contributed by atoms with E-state index in [1.807, 2.05) is 6.07 Å². The molecule has 2 aromatic heterocycles. The van der Waals surface area contributed by atoms with Gasteiger partial charge >= 0.3 is 6.18 Å². The molecule has 3 rings (SSSR count). The molecule has 0 aliphatic heterocycles. The number of alkyl halides is 3. The van der Waals surface area contributed by atoms with Crippen molar-refractivity contribution in [3.63, 3.8) is 0 Å². The second kappa shape index (κ2) is 5.97. The molecule has 0 bridgehead atoms. The number of fused-ring (bicyclic) bond motifs is 1. The molecule has 0 spiro atoms. The van der Waals surface area contributed by atoms with Crippen LogP contribution in [0.4, 0.5) is 13.2 Å². The fourth-order valence-electron chi connectivity index (χ4n) is 2.68. The van der Waals surface area contributed by atoms with E-state index in [1.165, 1.54) is 0 Å². The van der Waals surface area contributed by atoms with Gasteiger partial charge in [0.15, 0.2) is 0 Å². The largest absolute Gasteiger partial charge is 0.433 e. The average Bonchev–Trinajstić information content (AvgIpc) is 2.80. The first-order chi connectivity index (χ1) is 11.2. The molecule has 125 valence electrons. The number of hydrogen-bond acceptors (Lipinski definition) is 1. The molecule has 1 aromatic carbocycles. The fourth-order valence-corrected chi connectivity index (χ4v) is 3.18. The van der Waals surface area contributed by atoms with Crippen molar-refractivity contribution in [2.45, 2.75) is 19.5 Å². The zero-order chi connectivity index (χ0) is 17.6. The van der Waals surface area contributed by atoms with Gasteiger partial charge in [-0.15, -0.1) is 0 Å². The highest BCUT2D eigenvalue weighted by Gasteiger charge is 2.33. The molecular formula is C17H12Cl2F3N2. The van der Waals surface area contributed by atoms with Crippen LogP contribution in [0.25, 0.3) is 10.9 Å². The summed E-state index contributed by atoms with van der Waals surface area (Å²) >= 11 is 12.3. The lowest BCUT2D eigenvalue weighted by atomic mass is 10.1. The molecule has 0 saturated carbocycles. The van der Waals surface area contributed by atoms with E-state index in [1.54, 1.807) is 30.7 Å². The average molecular weight is 372 g/mol. The second-order valence-corrected chi connectivity index (χ2v) is 6.30. The van der Waals surface area contributed by atoms with Crippen LogP contribution in [0.5, 0.6) is 0 Å². The molecule has 0 unspecified atom stereocenters. The lowest BCUT2D eigenvalue weighted by molar-refractivity contribution is -0.141. The van der Waals surface area contributed by atoms with Crippen LogP contribution < -0.4 is 0 Å². The third-order valence-corrected chi connectivity index (χ3v) is 4.66. The van der Waals surface area contributed by atoms with Crippen LogP contribution in [0, 0.1) is 13.0 Å². The van der Waals surface area contributed by atoms with E-state index in [4.69, 9.17) is 23.2 Å². The Balaban J connectivity index is 2.14. The highest BCUT2D eigenvalue weighted by atomic mass is 35.5. The van der Waals surface area contributed by atoms with E-state index in [0.29, 0.717) is 38.6 Å². The van der Waals surface area contributed by atoms with E-state index < -0.39 is 11.9 Å². The maximum atomic E-state index is 13.0. The summed E-state index contributed by atoms with van der Waals surface area (Å²) in [6.07, 6.45) is -4.09. The normalized spacial score (nSPS) is 12.1. The molecule has 0 saturated heterocycles. The number of aromatic nitrogens is 2. The standard InChI is InChI=1S/C17H12Cl2F3N2/c1-9-11-6-10(7-12-13(18)4-3-5-14(12)19)24(2)15(11)8-16(23-9)17(20,21)22/h3-4,6,8H,7H2,1-2H3. The Bertz CT molecular complexity index is 909. The summed E-state index contributed by atoms with van der Waals surface area (Å²) in [5.41, 5.74) is 1.38. The van der Waals surface area contributed by atoms with E-state index in [9.17, 15) is 13.2 Å². The van der Waals surface area contributed by atoms with E-state index in [-0.39, 0.29) is 0 Å². The summed E-state index contributed by atoms with van der Waals surface area (Å²) in [7, 11) is 1.71. The molecule has 24 heavy (non-hydrogen) atoms. The van der Waals surface area contributed by atoms with E-state index in [2.05, 4.69) is 11.1 Å². The van der Waals surface area contributed by atoms with Gasteiger partial charge in [0, 0.05) is 41.3 Å². The predicted octanol–water partition coefficient (Wildman–Crippen LogP) is 5.60. The van der Waals surface area contributed by atoms with Crippen LogP contribution in [0.3, 0.4) is 0 Å². The molecule has 0 aliphatic carbocycles. The lowest BCUT2D eigenvalue weighted by Crippen LogP contribution is -2.09. The topological polar surface area (TPSA) is 17.8 Å². The Morgan fingerprint density at radius 3 is 2.58 bits per heavy atom. The Kier molecular flexibility index (Phi) is 4.26. The molecule has 0 aliphatic rings. The van der Waals surface area contributed by atoms with Gasteiger partial charge in [-0.25, -0.2) is 4.98 Å². The van der Waals surface area contributed by atoms with Gasteiger partial charge in [0.05, 0.1) is 10.5 Å². The summed E-state index contributed by atoms with van der Waals surface area (Å²) < 4.78 is 40.6. The van der Waals surface area contributed by atoms with Crippen molar-refractivity contribution in [3.05, 3.63) is 63.0 Å². The SMILES string of the molecule is Cc1nc(C(F)(F)F)cc2c1cc(Cc1c(Cl)[c]ccc1Cl)n2C. The minimum atomic E-state index is -4.48. The van der Waals surface area contributed by atoms with Crippen LogP contribution in [-0.4, -0.2) is 9.55 Å². The van der Waals surface area contributed by atoms with Crippen molar-refractivity contribution in [3.8, 4) is 0 Å². The number of benzene rings is 1. The van der Waals surface area contributed by atoms with Gasteiger partial charge in [-0.1, -0.05) is 29.3 Å². The monoisotopic (exact) mass is 371 g/mol. The molecule has 3 aromatic rings. The fraction of sp³-hybridized carbons (Fsp3) is 0.235. The third kappa shape index (κ3) is 2.98. The van der Waals surface area contributed by atoms with Crippen molar-refractivity contribution < 1.29 is 13.2 Å². The van der Waals surface area contributed by atoms with Crippen LogP contribution in [0.2, 0.25) is 10.0 Å². The molecular weight excluding hydrogens is 360 g/mol. The van der Waals surface area contributed by atoms with Crippen LogP contribution in [0.1, 0.15) is 22.6 Å². The summed E-state index contributed by atoms with van der Waals surface area (Å²) in [6.45, 7) is 1.57. The van der Waals surface area contributed by atoms with Gasteiger partial charge in [-0.2, -0.15) is 13.2 Å². The number of nitrogens with zero attached hydrogens (tertiary/aromatic N) is 2. The van der Waals surface area contributed by atoms with Crippen LogP contribution in [-0.2, 0) is 19.6 Å². The molecule has 2 nitrogen and oxygen atoms in total. The Hall–Kier alpha value is -1.72. The molecule has 7 heteroatoms. The number of halogens is 5. The third-order valence-electron chi connectivity index (χ3n) is 3.97. The number of rotatable bonds is 2. The highest BCUT2D eigenvalue weighted by Crippen LogP contribution is 2.33. The first-order valence-corrected chi connectivity index (χ1v) is 7.81. The van der Waals surface area contributed by atoms with Crippen molar-refractivity contribution in [2.24, 2.45) is 7.05 Å². The van der Waals surface area contributed by atoms with Gasteiger partial charge in [0.2, 0.25) is 0 Å². The molecule has 1 radical (unpaired) electrons. The zero-order valence-electron chi connectivity index (χ0n) is 12.8. The Labute approximate surface area is 146 Å². The van der Waals surface area contributed by atoms with Crippen molar-refractivity contribution in [2.75, 3.05) is 0 Å². The smallest absolute Gasteiger partial charge is 0.347 e. The molecule has 0 amide bonds. The first-order valence-electron chi connectivity index (χ1n) is 7.06. The van der Waals surface area contributed by atoms with Gasteiger partial charge in [-0.05, 0) is 30.7 Å². The Morgan fingerprint density at radius 1 is 1.25 bits per heavy atom. The quantitative estimate of drug-likeness (QED) is 0.573. The summed E-state index contributed by atoms with van der Waals surface area (Å²) in [5.74, 6) is 0. The second-order valence-electron chi connectivity index (χ2n) is 5.51. The van der Waals surface area contributed by atoms with Crippen LogP contribution in [0.15, 0.2) is 24.3 Å².